The van der Waals surface area contributed by atoms with E-state index in [1.54, 1.807) is 22.2 Å². The van der Waals surface area contributed by atoms with Crippen molar-refractivity contribution >= 4 is 41.4 Å². The molecule has 0 radical (unpaired) electrons. The molecule has 0 atom stereocenters. The number of hydrogen-bond donors (Lipinski definition) is 1. The molecule has 4 rings (SSSR count). The minimum absolute atomic E-state index is 0.472. The van der Waals surface area contributed by atoms with Gasteiger partial charge in [0.25, 0.3) is 0 Å². The van der Waals surface area contributed by atoms with Gasteiger partial charge in [0.15, 0.2) is 5.82 Å². The molecule has 0 unspecified atom stereocenters. The van der Waals surface area contributed by atoms with Crippen LogP contribution >= 0.6 is 35.2 Å². The Hall–Kier alpha value is -1.83. The molecule has 5 nitrogen and oxygen atoms in total. The second kappa shape index (κ2) is 5.99. The molecule has 1 aliphatic rings. The molecule has 0 spiro atoms. The summed E-state index contributed by atoms with van der Waals surface area (Å²) in [6.07, 6.45) is 4.01. The Labute approximate surface area is 146 Å². The highest BCUT2D eigenvalue weighted by Gasteiger charge is 2.29. The van der Waals surface area contributed by atoms with Gasteiger partial charge < -0.3 is 0 Å². The molecule has 0 bridgehead atoms. The molecule has 3 aromatic rings. The van der Waals surface area contributed by atoms with Gasteiger partial charge in [-0.15, -0.1) is 11.3 Å². The van der Waals surface area contributed by atoms with Crippen molar-refractivity contribution in [3.8, 4) is 10.6 Å². The molecule has 0 amide bonds. The Morgan fingerprint density at radius 1 is 1.35 bits per heavy atom. The van der Waals surface area contributed by atoms with E-state index in [0.717, 1.165) is 34.9 Å². The van der Waals surface area contributed by atoms with Crippen LogP contribution in [0.3, 0.4) is 0 Å². The molecule has 2 aromatic heterocycles. The van der Waals surface area contributed by atoms with Crippen LogP contribution in [0.15, 0.2) is 34.7 Å². The third-order valence-corrected chi connectivity index (χ3v) is 4.96. The van der Waals surface area contributed by atoms with Crippen LogP contribution in [0.2, 0.25) is 5.02 Å². The van der Waals surface area contributed by atoms with Crippen LogP contribution in [0.5, 0.6) is 0 Å². The molecule has 1 aromatic carbocycles. The summed E-state index contributed by atoms with van der Waals surface area (Å²) in [5, 5.41) is 15.1. The normalized spacial score (nSPS) is 14.7. The largest absolute Gasteiger partial charge is 0.250 e. The summed E-state index contributed by atoms with van der Waals surface area (Å²) in [4.78, 5) is 4.58. The van der Waals surface area contributed by atoms with Crippen molar-refractivity contribution < 1.29 is 0 Å². The summed E-state index contributed by atoms with van der Waals surface area (Å²) in [6, 6.07) is 7.64. The maximum absolute atomic E-state index is 5.91. The van der Waals surface area contributed by atoms with Gasteiger partial charge in [0.1, 0.15) is 5.01 Å². The number of H-pyrrole nitrogens is 1. The second-order valence-corrected chi connectivity index (χ2v) is 6.98. The van der Waals surface area contributed by atoms with Crippen LogP contribution in [0.1, 0.15) is 30.3 Å². The third-order valence-electron chi connectivity index (χ3n) is 3.54. The SMILES string of the molecule is S=c1[nH]nc(C2CC2)n1/N=C\c1csc(-c2ccc(Cl)cc2)n1. The maximum atomic E-state index is 5.91. The Balaban J connectivity index is 1.59. The second-order valence-electron chi connectivity index (χ2n) is 5.30. The van der Waals surface area contributed by atoms with Crippen molar-refractivity contribution in [3.63, 3.8) is 0 Å². The first-order valence-electron chi connectivity index (χ1n) is 7.14. The number of rotatable bonds is 4. The van der Waals surface area contributed by atoms with Crippen molar-refractivity contribution in [3.05, 3.63) is 51.0 Å². The zero-order valence-corrected chi connectivity index (χ0v) is 14.3. The molecule has 23 heavy (non-hydrogen) atoms. The minimum atomic E-state index is 0.472. The van der Waals surface area contributed by atoms with Crippen LogP contribution in [-0.4, -0.2) is 26.1 Å². The molecule has 1 saturated carbocycles. The molecular weight excluding hydrogens is 350 g/mol. The Bertz CT molecular complexity index is 918. The van der Waals surface area contributed by atoms with Gasteiger partial charge in [0.2, 0.25) is 4.77 Å². The van der Waals surface area contributed by atoms with Crippen molar-refractivity contribution in [1.82, 2.24) is 19.9 Å². The maximum Gasteiger partial charge on any atom is 0.216 e. The fourth-order valence-electron chi connectivity index (χ4n) is 2.21. The van der Waals surface area contributed by atoms with E-state index in [4.69, 9.17) is 23.8 Å². The highest BCUT2D eigenvalue weighted by molar-refractivity contribution is 7.71. The van der Waals surface area contributed by atoms with Crippen molar-refractivity contribution in [2.45, 2.75) is 18.8 Å². The monoisotopic (exact) mass is 361 g/mol. The number of halogens is 1. The number of benzene rings is 1. The molecule has 0 saturated heterocycles. The molecule has 116 valence electrons. The Morgan fingerprint density at radius 3 is 2.87 bits per heavy atom. The van der Waals surface area contributed by atoms with Crippen molar-refractivity contribution in [2.75, 3.05) is 0 Å². The summed E-state index contributed by atoms with van der Waals surface area (Å²) in [5.74, 6) is 1.37. The highest BCUT2D eigenvalue weighted by Crippen LogP contribution is 2.38. The van der Waals surface area contributed by atoms with E-state index < -0.39 is 0 Å². The number of nitrogens with one attached hydrogen (secondary N) is 1. The lowest BCUT2D eigenvalue weighted by Crippen LogP contribution is -1.97. The fourth-order valence-corrected chi connectivity index (χ4v) is 3.30. The summed E-state index contributed by atoms with van der Waals surface area (Å²) in [6.45, 7) is 0. The lowest BCUT2D eigenvalue weighted by molar-refractivity contribution is 0.772. The summed E-state index contributed by atoms with van der Waals surface area (Å²) in [7, 11) is 0. The van der Waals surface area contributed by atoms with E-state index in [0.29, 0.717) is 15.7 Å². The van der Waals surface area contributed by atoms with Crippen molar-refractivity contribution in [1.29, 1.82) is 0 Å². The molecule has 8 heteroatoms. The minimum Gasteiger partial charge on any atom is -0.250 e. The average Bonchev–Trinajstić information content (AvgIpc) is 3.17. The van der Waals surface area contributed by atoms with Gasteiger partial charge in [0, 0.05) is 21.9 Å². The fraction of sp³-hybridized carbons (Fsp3) is 0.200. The average molecular weight is 362 g/mol. The van der Waals surface area contributed by atoms with Crippen LogP contribution < -0.4 is 0 Å². The van der Waals surface area contributed by atoms with Crippen LogP contribution in [0.4, 0.5) is 0 Å². The first-order valence-corrected chi connectivity index (χ1v) is 8.80. The Kier molecular flexibility index (Phi) is 3.84. The molecule has 2 heterocycles. The number of aromatic nitrogens is 4. The summed E-state index contributed by atoms with van der Waals surface area (Å²) in [5.41, 5.74) is 1.84. The molecule has 1 N–H and O–H groups in total. The van der Waals surface area contributed by atoms with E-state index in [9.17, 15) is 0 Å². The van der Waals surface area contributed by atoms with Crippen LogP contribution in [0, 0.1) is 4.77 Å². The lowest BCUT2D eigenvalue weighted by atomic mass is 10.2. The van der Waals surface area contributed by atoms with Gasteiger partial charge in [-0.05, 0) is 37.2 Å². The number of hydrogen-bond acceptors (Lipinski definition) is 5. The summed E-state index contributed by atoms with van der Waals surface area (Å²) >= 11 is 12.7. The van der Waals surface area contributed by atoms with Gasteiger partial charge >= 0.3 is 0 Å². The zero-order chi connectivity index (χ0) is 15.8. The summed E-state index contributed by atoms with van der Waals surface area (Å²) < 4.78 is 2.20. The lowest BCUT2D eigenvalue weighted by Gasteiger charge is -1.97. The first kappa shape index (κ1) is 14.7. The smallest absolute Gasteiger partial charge is 0.216 e. The van der Waals surface area contributed by atoms with Gasteiger partial charge in [-0.2, -0.15) is 14.9 Å². The first-order chi connectivity index (χ1) is 11.2. The van der Waals surface area contributed by atoms with Crippen LogP contribution in [0.25, 0.3) is 10.6 Å². The van der Waals surface area contributed by atoms with Crippen molar-refractivity contribution in [2.24, 2.45) is 5.10 Å². The van der Waals surface area contributed by atoms with E-state index in [2.05, 4.69) is 20.3 Å². The molecule has 0 aliphatic heterocycles. The molecule has 1 fully saturated rings. The number of aromatic amines is 1. The van der Waals surface area contributed by atoms with Gasteiger partial charge in [0.05, 0.1) is 11.9 Å². The molecular formula is C15H12ClN5S2. The van der Waals surface area contributed by atoms with E-state index >= 15 is 0 Å². The topological polar surface area (TPSA) is 58.9 Å². The highest BCUT2D eigenvalue weighted by atomic mass is 35.5. The number of thiazole rings is 1. The van der Waals surface area contributed by atoms with Crippen LogP contribution in [-0.2, 0) is 0 Å². The predicted octanol–water partition coefficient (Wildman–Crippen LogP) is 4.48. The molecule has 1 aliphatic carbocycles. The predicted molar refractivity (Wildman–Crippen MR) is 94.9 cm³/mol. The zero-order valence-electron chi connectivity index (χ0n) is 11.9. The quantitative estimate of drug-likeness (QED) is 0.550. The third kappa shape index (κ3) is 3.12. The Morgan fingerprint density at radius 2 is 2.13 bits per heavy atom. The van der Waals surface area contributed by atoms with Gasteiger partial charge in [-0.25, -0.2) is 4.98 Å². The van der Waals surface area contributed by atoms with E-state index in [1.165, 1.54) is 0 Å². The van der Waals surface area contributed by atoms with E-state index in [-0.39, 0.29) is 0 Å². The van der Waals surface area contributed by atoms with Gasteiger partial charge in [-0.3, -0.25) is 5.10 Å². The van der Waals surface area contributed by atoms with E-state index in [1.807, 2.05) is 29.6 Å². The van der Waals surface area contributed by atoms with Gasteiger partial charge in [-0.1, -0.05) is 23.7 Å². The standard InChI is InChI=1S/C15H12ClN5S2/c16-11-5-3-10(4-6-11)14-18-12(8-23-14)7-17-21-13(9-1-2-9)19-20-15(21)22/h3-9H,1-2H2,(H,20,22)/b17-7-. The number of nitrogens with zero attached hydrogens (tertiary/aromatic N) is 4.